The fourth-order valence-electron chi connectivity index (χ4n) is 1.72. The van der Waals surface area contributed by atoms with Gasteiger partial charge in [-0.3, -0.25) is 4.79 Å². The van der Waals surface area contributed by atoms with E-state index in [9.17, 15) is 9.18 Å². The van der Waals surface area contributed by atoms with Gasteiger partial charge in [0.15, 0.2) is 12.4 Å². The van der Waals surface area contributed by atoms with Gasteiger partial charge < -0.3 is 9.47 Å². The third-order valence-corrected chi connectivity index (χ3v) is 2.91. The predicted octanol–water partition coefficient (Wildman–Crippen LogP) is 3.40. The Kier molecular flexibility index (Phi) is 4.35. The van der Waals surface area contributed by atoms with Crippen molar-refractivity contribution in [3.8, 4) is 11.5 Å². The summed E-state index contributed by atoms with van der Waals surface area (Å²) in [5, 5.41) is 0. The molecule has 0 atom stereocenters. The van der Waals surface area contributed by atoms with Crippen LogP contribution in [-0.4, -0.2) is 19.5 Å². The lowest BCUT2D eigenvalue weighted by Gasteiger charge is -2.07. The second kappa shape index (κ2) is 6.19. The number of hydrogen-bond acceptors (Lipinski definition) is 3. The molecule has 104 valence electrons. The maximum absolute atomic E-state index is 13.1. The number of benzene rings is 2. The Hall–Kier alpha value is -2.36. The Balaban J connectivity index is 1.98. The number of ketones is 1. The molecule has 0 aromatic heterocycles. The highest BCUT2D eigenvalue weighted by atomic mass is 19.1. The molecule has 0 aliphatic carbocycles. The van der Waals surface area contributed by atoms with E-state index in [-0.39, 0.29) is 18.2 Å². The van der Waals surface area contributed by atoms with Crippen LogP contribution in [0.25, 0.3) is 0 Å². The van der Waals surface area contributed by atoms with Crippen molar-refractivity contribution in [1.29, 1.82) is 0 Å². The van der Waals surface area contributed by atoms with Gasteiger partial charge in [0.2, 0.25) is 0 Å². The largest absolute Gasteiger partial charge is 0.497 e. The number of ether oxygens (including phenoxy) is 2. The number of carbonyl (C=O) groups is 1. The lowest BCUT2D eigenvalue weighted by atomic mass is 10.1. The molecule has 3 nitrogen and oxygen atoms in total. The maximum Gasteiger partial charge on any atom is 0.200 e. The molecule has 0 aliphatic rings. The molecule has 20 heavy (non-hydrogen) atoms. The summed E-state index contributed by atoms with van der Waals surface area (Å²) in [6, 6.07) is 11.2. The van der Waals surface area contributed by atoms with Crippen LogP contribution in [0.5, 0.6) is 11.5 Å². The second-order valence-electron chi connectivity index (χ2n) is 4.35. The summed E-state index contributed by atoms with van der Waals surface area (Å²) in [6.07, 6.45) is 0. The normalized spacial score (nSPS) is 10.2. The van der Waals surface area contributed by atoms with Crippen LogP contribution in [0.2, 0.25) is 0 Å². The first-order chi connectivity index (χ1) is 9.60. The smallest absolute Gasteiger partial charge is 0.200 e. The maximum atomic E-state index is 13.1. The first-order valence-electron chi connectivity index (χ1n) is 6.16. The van der Waals surface area contributed by atoms with Crippen LogP contribution in [0.1, 0.15) is 15.9 Å². The topological polar surface area (TPSA) is 35.5 Å². The molecule has 0 fully saturated rings. The number of methoxy groups -OCH3 is 1. The van der Waals surface area contributed by atoms with Gasteiger partial charge in [-0.2, -0.15) is 0 Å². The van der Waals surface area contributed by atoms with E-state index in [4.69, 9.17) is 9.47 Å². The van der Waals surface area contributed by atoms with Crippen LogP contribution in [0.3, 0.4) is 0 Å². The minimum absolute atomic E-state index is 0.0859. The summed E-state index contributed by atoms with van der Waals surface area (Å²) in [6.45, 7) is 1.56. The molecule has 0 saturated carbocycles. The number of rotatable bonds is 5. The fraction of sp³-hybridized carbons (Fsp3) is 0.188. The van der Waals surface area contributed by atoms with Crippen molar-refractivity contribution < 1.29 is 18.7 Å². The van der Waals surface area contributed by atoms with E-state index in [1.54, 1.807) is 44.4 Å². The van der Waals surface area contributed by atoms with Gasteiger partial charge in [-0.25, -0.2) is 4.39 Å². The van der Waals surface area contributed by atoms with Crippen LogP contribution in [-0.2, 0) is 0 Å². The molecule has 4 heteroatoms. The van der Waals surface area contributed by atoms with Crippen molar-refractivity contribution in [3.63, 3.8) is 0 Å². The number of aryl methyl sites for hydroxylation is 1. The lowest BCUT2D eigenvalue weighted by Crippen LogP contribution is -2.11. The molecule has 0 aliphatic heterocycles. The number of hydrogen-bond donors (Lipinski definition) is 0. The molecule has 0 saturated heterocycles. The fourth-order valence-corrected chi connectivity index (χ4v) is 1.72. The van der Waals surface area contributed by atoms with E-state index in [0.717, 1.165) is 0 Å². The van der Waals surface area contributed by atoms with Crippen LogP contribution in [0, 0.1) is 12.7 Å². The van der Waals surface area contributed by atoms with E-state index >= 15 is 0 Å². The third-order valence-electron chi connectivity index (χ3n) is 2.91. The van der Waals surface area contributed by atoms with Gasteiger partial charge in [-0.15, -0.1) is 0 Å². The van der Waals surface area contributed by atoms with Crippen LogP contribution >= 0.6 is 0 Å². The van der Waals surface area contributed by atoms with Crippen molar-refractivity contribution in [3.05, 3.63) is 59.4 Å². The van der Waals surface area contributed by atoms with Gasteiger partial charge in [0, 0.05) is 5.56 Å². The molecule has 0 unspecified atom stereocenters. The molecular formula is C16H15FO3. The van der Waals surface area contributed by atoms with Crippen molar-refractivity contribution >= 4 is 5.78 Å². The van der Waals surface area contributed by atoms with Crippen molar-refractivity contribution in [2.75, 3.05) is 13.7 Å². The van der Waals surface area contributed by atoms with Gasteiger partial charge in [-0.1, -0.05) is 0 Å². The summed E-state index contributed by atoms with van der Waals surface area (Å²) in [7, 11) is 1.57. The number of carbonyl (C=O) groups excluding carboxylic acids is 1. The third kappa shape index (κ3) is 3.35. The van der Waals surface area contributed by atoms with E-state index in [0.29, 0.717) is 22.6 Å². The summed E-state index contributed by atoms with van der Waals surface area (Å²) in [4.78, 5) is 11.9. The first-order valence-corrected chi connectivity index (χ1v) is 6.16. The highest BCUT2D eigenvalue weighted by Crippen LogP contribution is 2.17. The van der Waals surface area contributed by atoms with E-state index in [1.165, 1.54) is 12.1 Å². The van der Waals surface area contributed by atoms with Crippen LogP contribution < -0.4 is 9.47 Å². The van der Waals surface area contributed by atoms with Gasteiger partial charge in [0.1, 0.15) is 17.3 Å². The quantitative estimate of drug-likeness (QED) is 0.784. The van der Waals surface area contributed by atoms with E-state index in [2.05, 4.69) is 0 Å². The molecule has 0 bridgehead atoms. The molecule has 2 rings (SSSR count). The molecule has 2 aromatic carbocycles. The second-order valence-corrected chi connectivity index (χ2v) is 4.35. The van der Waals surface area contributed by atoms with E-state index < -0.39 is 0 Å². The average molecular weight is 274 g/mol. The number of halogens is 1. The summed E-state index contributed by atoms with van der Waals surface area (Å²) in [5.74, 6) is 0.732. The Labute approximate surface area is 117 Å². The first kappa shape index (κ1) is 14.1. The summed E-state index contributed by atoms with van der Waals surface area (Å²) in [5.41, 5.74) is 1.03. The standard InChI is InChI=1S/C16H15FO3/c1-11-9-14(7-8-15(11)17)20-10-16(18)12-3-5-13(19-2)6-4-12/h3-9H,10H2,1-2H3. The predicted molar refractivity (Wildman–Crippen MR) is 74.0 cm³/mol. The van der Waals surface area contributed by atoms with Gasteiger partial charge in [-0.05, 0) is 55.0 Å². The Morgan fingerprint density at radius 1 is 1.10 bits per heavy atom. The molecule has 0 N–H and O–H groups in total. The molecule has 0 heterocycles. The Bertz CT molecular complexity index is 606. The van der Waals surface area contributed by atoms with Crippen molar-refractivity contribution in [1.82, 2.24) is 0 Å². The van der Waals surface area contributed by atoms with Crippen LogP contribution in [0.4, 0.5) is 4.39 Å². The number of Topliss-reactive ketones (excluding diaryl/α,β-unsaturated/α-hetero) is 1. The van der Waals surface area contributed by atoms with Crippen molar-refractivity contribution in [2.45, 2.75) is 6.92 Å². The zero-order valence-corrected chi connectivity index (χ0v) is 11.4. The molecule has 0 radical (unpaired) electrons. The van der Waals surface area contributed by atoms with Crippen LogP contribution in [0.15, 0.2) is 42.5 Å². The van der Waals surface area contributed by atoms with Crippen molar-refractivity contribution in [2.24, 2.45) is 0 Å². The minimum Gasteiger partial charge on any atom is -0.497 e. The SMILES string of the molecule is COc1ccc(C(=O)COc2ccc(F)c(C)c2)cc1. The summed E-state index contributed by atoms with van der Waals surface area (Å²) >= 11 is 0. The zero-order chi connectivity index (χ0) is 14.5. The minimum atomic E-state index is -0.293. The monoisotopic (exact) mass is 274 g/mol. The summed E-state index contributed by atoms with van der Waals surface area (Å²) < 4.78 is 23.5. The average Bonchev–Trinajstić information content (AvgIpc) is 2.48. The Morgan fingerprint density at radius 3 is 2.35 bits per heavy atom. The van der Waals surface area contributed by atoms with E-state index in [1.807, 2.05) is 0 Å². The highest BCUT2D eigenvalue weighted by Gasteiger charge is 2.08. The molecular weight excluding hydrogens is 259 g/mol. The zero-order valence-electron chi connectivity index (χ0n) is 11.4. The lowest BCUT2D eigenvalue weighted by molar-refractivity contribution is 0.0921. The highest BCUT2D eigenvalue weighted by molar-refractivity contribution is 5.97. The van der Waals surface area contributed by atoms with Gasteiger partial charge in [0.05, 0.1) is 7.11 Å². The van der Waals surface area contributed by atoms with Gasteiger partial charge in [0.25, 0.3) is 0 Å². The molecule has 0 spiro atoms. The molecule has 2 aromatic rings. The van der Waals surface area contributed by atoms with Gasteiger partial charge >= 0.3 is 0 Å². The molecule has 0 amide bonds. The Morgan fingerprint density at radius 2 is 1.75 bits per heavy atom.